The minimum atomic E-state index is -0.255. The molecule has 3 nitrogen and oxygen atoms in total. The van der Waals surface area contributed by atoms with Gasteiger partial charge in [-0.1, -0.05) is 60.7 Å². The van der Waals surface area contributed by atoms with Gasteiger partial charge in [-0.25, -0.2) is 0 Å². The highest BCUT2D eigenvalue weighted by Crippen LogP contribution is 2.46. The summed E-state index contributed by atoms with van der Waals surface area (Å²) < 4.78 is 11.7. The van der Waals surface area contributed by atoms with Crippen molar-refractivity contribution in [3.63, 3.8) is 0 Å². The van der Waals surface area contributed by atoms with Gasteiger partial charge in [-0.15, -0.1) is 0 Å². The van der Waals surface area contributed by atoms with Crippen molar-refractivity contribution in [3.8, 4) is 0 Å². The molecule has 1 atom stereocenters. The molecule has 2 heterocycles. The van der Waals surface area contributed by atoms with Gasteiger partial charge in [0.25, 0.3) is 0 Å². The molecule has 3 heteroatoms. The fourth-order valence-electron chi connectivity index (χ4n) is 3.77. The second-order valence-corrected chi connectivity index (χ2v) is 6.26. The third kappa shape index (κ3) is 2.37. The predicted octanol–water partition coefficient (Wildman–Crippen LogP) is 4.05. The van der Waals surface area contributed by atoms with Crippen LogP contribution in [-0.4, -0.2) is 24.6 Å². The van der Waals surface area contributed by atoms with E-state index in [0.29, 0.717) is 6.61 Å². The van der Waals surface area contributed by atoms with Gasteiger partial charge in [-0.2, -0.15) is 0 Å². The minimum Gasteiger partial charge on any atom is -0.467 e. The van der Waals surface area contributed by atoms with Gasteiger partial charge in [-0.3, -0.25) is 4.90 Å². The number of hydrogen-bond donors (Lipinski definition) is 0. The third-order valence-corrected chi connectivity index (χ3v) is 4.94. The lowest BCUT2D eigenvalue weighted by atomic mass is 9.71. The van der Waals surface area contributed by atoms with Crippen molar-refractivity contribution in [1.29, 1.82) is 0 Å². The van der Waals surface area contributed by atoms with Crippen molar-refractivity contribution in [2.75, 3.05) is 13.6 Å². The van der Waals surface area contributed by atoms with E-state index < -0.39 is 0 Å². The highest BCUT2D eigenvalue weighted by molar-refractivity contribution is 5.43. The Morgan fingerprint density at radius 1 is 0.958 bits per heavy atom. The maximum Gasteiger partial charge on any atom is 0.129 e. The van der Waals surface area contributed by atoms with Crippen LogP contribution in [0.2, 0.25) is 0 Å². The van der Waals surface area contributed by atoms with Gasteiger partial charge in [0.1, 0.15) is 12.4 Å². The quantitative estimate of drug-likeness (QED) is 0.709. The smallest absolute Gasteiger partial charge is 0.129 e. The molecule has 1 aromatic heterocycles. The van der Waals surface area contributed by atoms with Gasteiger partial charge in [-0.05, 0) is 30.3 Å². The molecule has 0 radical (unpaired) electrons. The Labute approximate surface area is 142 Å². The molecule has 1 aliphatic heterocycles. The zero-order valence-electron chi connectivity index (χ0n) is 13.8. The highest BCUT2D eigenvalue weighted by atomic mass is 16.5. The van der Waals surface area contributed by atoms with E-state index in [4.69, 9.17) is 9.15 Å². The predicted molar refractivity (Wildman–Crippen MR) is 93.6 cm³/mol. The van der Waals surface area contributed by atoms with Crippen molar-refractivity contribution >= 4 is 0 Å². The van der Waals surface area contributed by atoms with Crippen molar-refractivity contribution in [2.45, 2.75) is 18.2 Å². The first kappa shape index (κ1) is 15.2. The number of nitrogens with zero attached hydrogens (tertiary/aromatic N) is 1. The average Bonchev–Trinajstić information content (AvgIpc) is 3.14. The first-order valence-corrected chi connectivity index (χ1v) is 8.28. The van der Waals surface area contributed by atoms with Crippen molar-refractivity contribution in [1.82, 2.24) is 4.90 Å². The van der Waals surface area contributed by atoms with Crippen LogP contribution in [0.5, 0.6) is 0 Å². The molecule has 2 aromatic carbocycles. The Morgan fingerprint density at radius 2 is 1.58 bits per heavy atom. The van der Waals surface area contributed by atoms with Crippen LogP contribution in [-0.2, 0) is 16.9 Å². The van der Waals surface area contributed by atoms with E-state index in [9.17, 15) is 0 Å². The molecule has 0 amide bonds. The van der Waals surface area contributed by atoms with E-state index in [1.54, 1.807) is 6.26 Å². The summed E-state index contributed by atoms with van der Waals surface area (Å²) in [5.74, 6) is 0.861. The number of rotatable bonds is 5. The van der Waals surface area contributed by atoms with E-state index in [2.05, 4.69) is 72.6 Å². The molecule has 0 bridgehead atoms. The Bertz CT molecular complexity index is 729. The molecule has 1 saturated heterocycles. The van der Waals surface area contributed by atoms with Crippen LogP contribution < -0.4 is 0 Å². The SMILES string of the molecule is CN1CC(OCc2ccco2)C1(c1ccccc1)c1ccccc1. The lowest BCUT2D eigenvalue weighted by Gasteiger charge is -2.57. The Morgan fingerprint density at radius 3 is 2.08 bits per heavy atom. The van der Waals surface area contributed by atoms with Crippen LogP contribution in [0, 0.1) is 0 Å². The Balaban J connectivity index is 1.71. The fourth-order valence-corrected chi connectivity index (χ4v) is 3.77. The highest BCUT2D eigenvalue weighted by Gasteiger charge is 2.54. The molecule has 3 aromatic rings. The van der Waals surface area contributed by atoms with Gasteiger partial charge in [0.05, 0.1) is 17.9 Å². The van der Waals surface area contributed by atoms with Crippen LogP contribution in [0.1, 0.15) is 16.9 Å². The largest absolute Gasteiger partial charge is 0.467 e. The van der Waals surface area contributed by atoms with Gasteiger partial charge < -0.3 is 9.15 Å². The summed E-state index contributed by atoms with van der Waals surface area (Å²) in [5.41, 5.74) is 2.26. The maximum absolute atomic E-state index is 6.28. The summed E-state index contributed by atoms with van der Waals surface area (Å²) in [6.07, 6.45) is 1.77. The summed E-state index contributed by atoms with van der Waals surface area (Å²) in [4.78, 5) is 2.37. The topological polar surface area (TPSA) is 25.6 Å². The van der Waals surface area contributed by atoms with Gasteiger partial charge in [0, 0.05) is 6.54 Å². The number of likely N-dealkylation sites (tertiary alicyclic amines) is 1. The molecule has 1 aliphatic rings. The minimum absolute atomic E-state index is 0.0809. The second kappa shape index (κ2) is 6.27. The summed E-state index contributed by atoms with van der Waals surface area (Å²) in [6.45, 7) is 1.39. The first-order chi connectivity index (χ1) is 11.8. The van der Waals surface area contributed by atoms with Crippen LogP contribution >= 0.6 is 0 Å². The molecule has 4 rings (SSSR count). The maximum atomic E-state index is 6.28. The molecule has 0 aliphatic carbocycles. The molecule has 0 N–H and O–H groups in total. The average molecular weight is 319 g/mol. The molecular formula is C21H21NO2. The summed E-state index contributed by atoms with van der Waals surface area (Å²) in [7, 11) is 2.16. The molecular weight excluding hydrogens is 298 g/mol. The first-order valence-electron chi connectivity index (χ1n) is 8.28. The normalized spacial score (nSPS) is 19.8. The van der Waals surface area contributed by atoms with Crippen LogP contribution in [0.3, 0.4) is 0 Å². The number of likely N-dealkylation sites (N-methyl/N-ethyl adjacent to an activating group) is 1. The van der Waals surface area contributed by atoms with Crippen molar-refractivity contribution < 1.29 is 9.15 Å². The van der Waals surface area contributed by atoms with Gasteiger partial charge in [0.2, 0.25) is 0 Å². The summed E-state index contributed by atoms with van der Waals surface area (Å²) in [6, 6.07) is 25.1. The summed E-state index contributed by atoms with van der Waals surface area (Å²) >= 11 is 0. The summed E-state index contributed by atoms with van der Waals surface area (Å²) in [5, 5.41) is 0. The number of ether oxygens (including phenoxy) is 1. The molecule has 0 saturated carbocycles. The molecule has 1 unspecified atom stereocenters. The van der Waals surface area contributed by atoms with Crippen LogP contribution in [0.25, 0.3) is 0 Å². The Kier molecular flexibility index (Phi) is 3.97. The van der Waals surface area contributed by atoms with Crippen LogP contribution in [0.15, 0.2) is 83.5 Å². The van der Waals surface area contributed by atoms with Crippen molar-refractivity contribution in [2.24, 2.45) is 0 Å². The zero-order valence-corrected chi connectivity index (χ0v) is 13.8. The standard InChI is InChI=1S/C21H21NO2/c1-22-15-20(24-16-19-13-8-14-23-19)21(22,17-9-4-2-5-10-17)18-11-6-3-7-12-18/h2-14,20H,15-16H2,1H3. The number of hydrogen-bond acceptors (Lipinski definition) is 3. The monoisotopic (exact) mass is 319 g/mol. The number of furan rings is 1. The van der Waals surface area contributed by atoms with Crippen molar-refractivity contribution in [3.05, 3.63) is 95.9 Å². The number of benzene rings is 2. The lowest BCUT2D eigenvalue weighted by Crippen LogP contribution is -2.68. The van der Waals surface area contributed by atoms with E-state index in [0.717, 1.165) is 12.3 Å². The third-order valence-electron chi connectivity index (χ3n) is 4.94. The Hall–Kier alpha value is -2.36. The zero-order chi connectivity index (χ0) is 16.4. The molecule has 0 spiro atoms. The molecule has 1 fully saturated rings. The van der Waals surface area contributed by atoms with E-state index in [1.807, 2.05) is 12.1 Å². The van der Waals surface area contributed by atoms with Gasteiger partial charge in [0.15, 0.2) is 0 Å². The molecule has 24 heavy (non-hydrogen) atoms. The van der Waals surface area contributed by atoms with E-state index >= 15 is 0 Å². The lowest BCUT2D eigenvalue weighted by molar-refractivity contribution is -0.149. The van der Waals surface area contributed by atoms with E-state index in [-0.39, 0.29) is 11.6 Å². The second-order valence-electron chi connectivity index (χ2n) is 6.26. The van der Waals surface area contributed by atoms with E-state index in [1.165, 1.54) is 11.1 Å². The van der Waals surface area contributed by atoms with Crippen LogP contribution in [0.4, 0.5) is 0 Å². The molecule has 122 valence electrons. The van der Waals surface area contributed by atoms with Gasteiger partial charge >= 0.3 is 0 Å². The fraction of sp³-hybridized carbons (Fsp3) is 0.238.